The van der Waals surface area contributed by atoms with E-state index in [9.17, 15) is 8.42 Å². The van der Waals surface area contributed by atoms with Crippen LogP contribution in [0.2, 0.25) is 0 Å². The summed E-state index contributed by atoms with van der Waals surface area (Å²) in [4.78, 5) is 6.36. The number of hydrogen-bond acceptors (Lipinski definition) is 6. The molecule has 0 amide bonds. The molecule has 2 rings (SSSR count). The molecular weight excluding hydrogens is 266 g/mol. The van der Waals surface area contributed by atoms with Gasteiger partial charge < -0.3 is 4.52 Å². The van der Waals surface area contributed by atoms with E-state index in [1.807, 2.05) is 14.0 Å². The van der Waals surface area contributed by atoms with Crippen LogP contribution in [-0.2, 0) is 22.8 Å². The first-order valence-corrected chi connectivity index (χ1v) is 8.51. The van der Waals surface area contributed by atoms with Gasteiger partial charge in [-0.2, -0.15) is 4.98 Å². The van der Waals surface area contributed by atoms with Crippen molar-refractivity contribution in [1.29, 1.82) is 0 Å². The Labute approximate surface area is 114 Å². The highest BCUT2D eigenvalue weighted by molar-refractivity contribution is 7.91. The second kappa shape index (κ2) is 6.00. The van der Waals surface area contributed by atoms with Crippen LogP contribution in [0.5, 0.6) is 0 Å². The van der Waals surface area contributed by atoms with Crippen molar-refractivity contribution in [2.75, 3.05) is 25.1 Å². The Balaban J connectivity index is 1.74. The summed E-state index contributed by atoms with van der Waals surface area (Å²) in [5, 5.41) is 3.91. The fourth-order valence-corrected chi connectivity index (χ4v) is 4.23. The van der Waals surface area contributed by atoms with Gasteiger partial charge in [-0.1, -0.05) is 12.1 Å². The minimum absolute atomic E-state index is 0.309. The molecule has 7 heteroatoms. The second-order valence-electron chi connectivity index (χ2n) is 5.25. The molecule has 1 aromatic heterocycles. The molecule has 1 saturated heterocycles. The molecular formula is C12H21N3O3S. The van der Waals surface area contributed by atoms with Crippen LogP contribution in [0.1, 0.15) is 31.5 Å². The van der Waals surface area contributed by atoms with Crippen molar-refractivity contribution in [2.24, 2.45) is 5.92 Å². The first kappa shape index (κ1) is 14.5. The molecule has 0 saturated carbocycles. The molecule has 2 heterocycles. The first-order chi connectivity index (χ1) is 8.98. The normalized spacial score (nSPS) is 22.2. The predicted molar refractivity (Wildman–Crippen MR) is 71.4 cm³/mol. The quantitative estimate of drug-likeness (QED) is 0.773. The Morgan fingerprint density at radius 2 is 2.26 bits per heavy atom. The van der Waals surface area contributed by atoms with Crippen LogP contribution in [0.4, 0.5) is 0 Å². The number of rotatable bonds is 6. The summed E-state index contributed by atoms with van der Waals surface area (Å²) in [7, 11) is -0.769. The van der Waals surface area contributed by atoms with Gasteiger partial charge in [0.2, 0.25) is 5.89 Å². The van der Waals surface area contributed by atoms with Crippen molar-refractivity contribution < 1.29 is 12.9 Å². The van der Waals surface area contributed by atoms with Gasteiger partial charge >= 0.3 is 0 Å². The fraction of sp³-hybridized carbons (Fsp3) is 0.833. The minimum Gasteiger partial charge on any atom is -0.339 e. The molecule has 0 aromatic carbocycles. The lowest BCUT2D eigenvalue weighted by molar-refractivity contribution is 0.286. The maximum Gasteiger partial charge on any atom is 0.226 e. The average Bonchev–Trinajstić information content (AvgIpc) is 2.93. The molecule has 1 fully saturated rings. The Kier molecular flexibility index (Phi) is 4.57. The molecule has 1 aliphatic rings. The van der Waals surface area contributed by atoms with E-state index in [-0.39, 0.29) is 0 Å². The SMILES string of the molecule is CCc1nc(CN(C)CC[C@@H]2CCS(=O)(=O)C2)no1. The average molecular weight is 287 g/mol. The maximum atomic E-state index is 11.4. The fourth-order valence-electron chi connectivity index (χ4n) is 2.32. The topological polar surface area (TPSA) is 76.3 Å². The van der Waals surface area contributed by atoms with Crippen LogP contribution in [-0.4, -0.2) is 48.6 Å². The molecule has 0 aliphatic carbocycles. The lowest BCUT2D eigenvalue weighted by atomic mass is 10.1. The number of sulfone groups is 1. The molecule has 1 atom stereocenters. The summed E-state index contributed by atoms with van der Waals surface area (Å²) in [6.45, 7) is 3.47. The van der Waals surface area contributed by atoms with Crippen LogP contribution in [0.25, 0.3) is 0 Å². The molecule has 0 unspecified atom stereocenters. The van der Waals surface area contributed by atoms with Crippen LogP contribution in [0, 0.1) is 5.92 Å². The van der Waals surface area contributed by atoms with Crippen molar-refractivity contribution >= 4 is 9.84 Å². The van der Waals surface area contributed by atoms with Crippen molar-refractivity contribution in [2.45, 2.75) is 32.7 Å². The summed E-state index contributed by atoms with van der Waals surface area (Å²) in [6.07, 6.45) is 2.46. The van der Waals surface area contributed by atoms with E-state index >= 15 is 0 Å². The number of hydrogen-bond donors (Lipinski definition) is 0. The van der Waals surface area contributed by atoms with Gasteiger partial charge in [-0.25, -0.2) is 8.42 Å². The number of nitrogens with zero attached hydrogens (tertiary/aromatic N) is 3. The van der Waals surface area contributed by atoms with E-state index in [4.69, 9.17) is 4.52 Å². The number of aromatic nitrogens is 2. The summed E-state index contributed by atoms with van der Waals surface area (Å²) in [6, 6.07) is 0. The second-order valence-corrected chi connectivity index (χ2v) is 7.48. The highest BCUT2D eigenvalue weighted by atomic mass is 32.2. The standard InChI is InChI=1S/C12H21N3O3S/c1-3-12-13-11(14-18-12)8-15(2)6-4-10-5-7-19(16,17)9-10/h10H,3-9H2,1-2H3/t10-/m1/s1. The van der Waals surface area contributed by atoms with Gasteiger partial charge in [-0.05, 0) is 32.4 Å². The summed E-state index contributed by atoms with van der Waals surface area (Å²) < 4.78 is 27.8. The van der Waals surface area contributed by atoms with Crippen molar-refractivity contribution in [1.82, 2.24) is 15.0 Å². The summed E-state index contributed by atoms with van der Waals surface area (Å²) in [5.41, 5.74) is 0. The van der Waals surface area contributed by atoms with E-state index in [0.29, 0.717) is 35.7 Å². The van der Waals surface area contributed by atoms with E-state index in [2.05, 4.69) is 15.0 Å². The lowest BCUT2D eigenvalue weighted by Gasteiger charge is -2.16. The van der Waals surface area contributed by atoms with Crippen molar-refractivity contribution in [3.8, 4) is 0 Å². The highest BCUT2D eigenvalue weighted by Crippen LogP contribution is 2.21. The van der Waals surface area contributed by atoms with Crippen LogP contribution < -0.4 is 0 Å². The zero-order valence-electron chi connectivity index (χ0n) is 11.5. The third-order valence-electron chi connectivity index (χ3n) is 3.47. The van der Waals surface area contributed by atoms with Crippen LogP contribution in [0.15, 0.2) is 4.52 Å². The van der Waals surface area contributed by atoms with Gasteiger partial charge in [0.1, 0.15) is 0 Å². The van der Waals surface area contributed by atoms with E-state index in [1.165, 1.54) is 0 Å². The third kappa shape index (κ3) is 4.28. The molecule has 0 spiro atoms. The molecule has 0 N–H and O–H groups in total. The Bertz CT molecular complexity index is 512. The molecule has 1 aromatic rings. The number of aryl methyl sites for hydroxylation is 1. The first-order valence-electron chi connectivity index (χ1n) is 6.69. The Morgan fingerprint density at radius 3 is 2.84 bits per heavy atom. The van der Waals surface area contributed by atoms with Crippen molar-refractivity contribution in [3.05, 3.63) is 11.7 Å². The van der Waals surface area contributed by atoms with Gasteiger partial charge in [0.25, 0.3) is 0 Å². The van der Waals surface area contributed by atoms with Gasteiger partial charge in [-0.3, -0.25) is 4.90 Å². The molecule has 0 bridgehead atoms. The zero-order valence-corrected chi connectivity index (χ0v) is 12.3. The van der Waals surface area contributed by atoms with E-state index in [1.54, 1.807) is 0 Å². The predicted octanol–water partition coefficient (Wildman–Crippen LogP) is 0.889. The van der Waals surface area contributed by atoms with Crippen molar-refractivity contribution in [3.63, 3.8) is 0 Å². The van der Waals surface area contributed by atoms with Gasteiger partial charge in [0.15, 0.2) is 15.7 Å². The van der Waals surface area contributed by atoms with Crippen LogP contribution in [0.3, 0.4) is 0 Å². The minimum atomic E-state index is -2.76. The molecule has 108 valence electrons. The van der Waals surface area contributed by atoms with Gasteiger partial charge in [0, 0.05) is 6.42 Å². The summed E-state index contributed by atoms with van der Waals surface area (Å²) >= 11 is 0. The Morgan fingerprint density at radius 1 is 1.47 bits per heavy atom. The molecule has 1 aliphatic heterocycles. The lowest BCUT2D eigenvalue weighted by Crippen LogP contribution is -2.22. The largest absolute Gasteiger partial charge is 0.339 e. The highest BCUT2D eigenvalue weighted by Gasteiger charge is 2.27. The maximum absolute atomic E-state index is 11.4. The van der Waals surface area contributed by atoms with E-state index < -0.39 is 9.84 Å². The van der Waals surface area contributed by atoms with Gasteiger partial charge in [-0.15, -0.1) is 0 Å². The molecule has 0 radical (unpaired) electrons. The zero-order chi connectivity index (χ0) is 13.9. The van der Waals surface area contributed by atoms with Gasteiger partial charge in [0.05, 0.1) is 18.1 Å². The third-order valence-corrected chi connectivity index (χ3v) is 5.31. The van der Waals surface area contributed by atoms with E-state index in [0.717, 1.165) is 25.8 Å². The smallest absolute Gasteiger partial charge is 0.226 e. The van der Waals surface area contributed by atoms with Crippen LogP contribution >= 0.6 is 0 Å². The monoisotopic (exact) mass is 287 g/mol. The Hall–Kier alpha value is -0.950. The summed E-state index contributed by atoms with van der Waals surface area (Å²) in [5.74, 6) is 2.36. The molecule has 19 heavy (non-hydrogen) atoms. The molecule has 6 nitrogen and oxygen atoms in total.